The van der Waals surface area contributed by atoms with Crippen molar-refractivity contribution in [2.45, 2.75) is 13.8 Å². The summed E-state index contributed by atoms with van der Waals surface area (Å²) >= 11 is 17.3. The van der Waals surface area contributed by atoms with E-state index in [0.717, 1.165) is 24.5 Å². The zero-order valence-electron chi connectivity index (χ0n) is 17.3. The van der Waals surface area contributed by atoms with Gasteiger partial charge in [-0.3, -0.25) is 14.9 Å². The monoisotopic (exact) mass is 478 g/mol. The molecule has 0 saturated carbocycles. The molecule has 164 valence electrons. The summed E-state index contributed by atoms with van der Waals surface area (Å²) in [6.07, 6.45) is 0. The first-order chi connectivity index (χ1) is 14.8. The van der Waals surface area contributed by atoms with Gasteiger partial charge in [0.1, 0.15) is 0 Å². The standard InChI is InChI=1S/C22H24Cl2N4O2S/c1-14(2)21(30)28-11-9-27(10-12-28)19-6-4-3-5-18(19)25-22(31)26-20(29)16-8-7-15(23)13-17(16)24/h3-8,13-14H,9-12H2,1-2H3,(H2,25,26,29,31). The van der Waals surface area contributed by atoms with Crippen molar-refractivity contribution in [2.75, 3.05) is 36.4 Å². The maximum Gasteiger partial charge on any atom is 0.258 e. The number of thiocarbonyl (C=S) groups is 1. The van der Waals surface area contributed by atoms with Crippen LogP contribution in [0.5, 0.6) is 0 Å². The van der Waals surface area contributed by atoms with Gasteiger partial charge in [0.25, 0.3) is 5.91 Å². The number of rotatable bonds is 4. The van der Waals surface area contributed by atoms with Gasteiger partial charge in [-0.1, -0.05) is 49.2 Å². The van der Waals surface area contributed by atoms with Crippen LogP contribution in [0.1, 0.15) is 24.2 Å². The molecule has 2 amide bonds. The normalized spacial score (nSPS) is 13.8. The number of hydrogen-bond acceptors (Lipinski definition) is 4. The minimum Gasteiger partial charge on any atom is -0.366 e. The second-order valence-corrected chi connectivity index (χ2v) is 8.77. The lowest BCUT2D eigenvalue weighted by atomic mass is 10.1. The first-order valence-electron chi connectivity index (χ1n) is 9.96. The smallest absolute Gasteiger partial charge is 0.258 e. The Kier molecular flexibility index (Phi) is 7.75. The van der Waals surface area contributed by atoms with Crippen LogP contribution in [0.15, 0.2) is 42.5 Å². The third kappa shape index (κ3) is 5.87. The van der Waals surface area contributed by atoms with Gasteiger partial charge in [0.2, 0.25) is 5.91 Å². The van der Waals surface area contributed by atoms with E-state index in [4.69, 9.17) is 35.4 Å². The van der Waals surface area contributed by atoms with Crippen LogP contribution >= 0.6 is 35.4 Å². The molecule has 9 heteroatoms. The fraction of sp³-hybridized carbons (Fsp3) is 0.318. The summed E-state index contributed by atoms with van der Waals surface area (Å²) in [7, 11) is 0. The van der Waals surface area contributed by atoms with E-state index >= 15 is 0 Å². The SMILES string of the molecule is CC(C)C(=O)N1CCN(c2ccccc2NC(=S)NC(=O)c2ccc(Cl)cc2Cl)CC1. The summed E-state index contributed by atoms with van der Waals surface area (Å²) in [6.45, 7) is 6.61. The molecule has 6 nitrogen and oxygen atoms in total. The van der Waals surface area contributed by atoms with Crippen molar-refractivity contribution < 1.29 is 9.59 Å². The van der Waals surface area contributed by atoms with Crippen LogP contribution in [0.25, 0.3) is 0 Å². The minimum atomic E-state index is -0.419. The van der Waals surface area contributed by atoms with Gasteiger partial charge < -0.3 is 15.1 Å². The molecule has 1 saturated heterocycles. The fourth-order valence-electron chi connectivity index (χ4n) is 3.39. The van der Waals surface area contributed by atoms with Crippen molar-refractivity contribution in [1.82, 2.24) is 10.2 Å². The number of piperazine rings is 1. The van der Waals surface area contributed by atoms with E-state index in [9.17, 15) is 9.59 Å². The van der Waals surface area contributed by atoms with E-state index < -0.39 is 5.91 Å². The van der Waals surface area contributed by atoms with Crippen LogP contribution in [-0.2, 0) is 4.79 Å². The van der Waals surface area contributed by atoms with E-state index in [1.54, 1.807) is 12.1 Å². The van der Waals surface area contributed by atoms with Crippen LogP contribution < -0.4 is 15.5 Å². The molecule has 2 aromatic carbocycles. The van der Waals surface area contributed by atoms with Gasteiger partial charge in [0.15, 0.2) is 5.11 Å². The molecule has 0 aliphatic carbocycles. The summed E-state index contributed by atoms with van der Waals surface area (Å²) in [4.78, 5) is 28.8. The maximum absolute atomic E-state index is 12.5. The molecule has 0 bridgehead atoms. The number of benzene rings is 2. The predicted molar refractivity (Wildman–Crippen MR) is 130 cm³/mol. The Morgan fingerprint density at radius 3 is 2.35 bits per heavy atom. The van der Waals surface area contributed by atoms with Crippen LogP contribution in [0.4, 0.5) is 11.4 Å². The predicted octanol–water partition coefficient (Wildman–Crippen LogP) is 4.42. The molecule has 0 radical (unpaired) electrons. The molecule has 31 heavy (non-hydrogen) atoms. The summed E-state index contributed by atoms with van der Waals surface area (Å²) in [6, 6.07) is 12.4. The van der Waals surface area contributed by atoms with Crippen LogP contribution in [0, 0.1) is 5.92 Å². The third-order valence-corrected chi connectivity index (χ3v) is 5.73. The quantitative estimate of drug-likeness (QED) is 0.636. The van der Waals surface area contributed by atoms with Gasteiger partial charge in [-0.25, -0.2) is 0 Å². The van der Waals surface area contributed by atoms with Crippen LogP contribution in [0.2, 0.25) is 10.0 Å². The maximum atomic E-state index is 12.5. The number of carbonyl (C=O) groups excluding carboxylic acids is 2. The first-order valence-corrected chi connectivity index (χ1v) is 11.1. The van der Waals surface area contributed by atoms with Crippen molar-refractivity contribution in [3.05, 3.63) is 58.1 Å². The lowest BCUT2D eigenvalue weighted by Crippen LogP contribution is -2.50. The van der Waals surface area contributed by atoms with Gasteiger partial charge >= 0.3 is 0 Å². The van der Waals surface area contributed by atoms with Gasteiger partial charge in [0.05, 0.1) is 22.0 Å². The van der Waals surface area contributed by atoms with E-state index in [-0.39, 0.29) is 27.5 Å². The Balaban J connectivity index is 1.65. The van der Waals surface area contributed by atoms with Crippen molar-refractivity contribution in [3.63, 3.8) is 0 Å². The fourth-order valence-corrected chi connectivity index (χ4v) is 4.08. The van der Waals surface area contributed by atoms with E-state index in [1.807, 2.05) is 43.0 Å². The van der Waals surface area contributed by atoms with Gasteiger partial charge in [0, 0.05) is 37.1 Å². The molecular weight excluding hydrogens is 455 g/mol. The molecule has 2 N–H and O–H groups in total. The van der Waals surface area contributed by atoms with Gasteiger partial charge in [-0.05, 0) is 42.5 Å². The zero-order valence-corrected chi connectivity index (χ0v) is 19.7. The van der Waals surface area contributed by atoms with Crippen LogP contribution in [0.3, 0.4) is 0 Å². The lowest BCUT2D eigenvalue weighted by molar-refractivity contribution is -0.134. The Morgan fingerprint density at radius 1 is 1.03 bits per heavy atom. The van der Waals surface area contributed by atoms with Crippen molar-refractivity contribution in [1.29, 1.82) is 0 Å². The zero-order chi connectivity index (χ0) is 22.5. The van der Waals surface area contributed by atoms with Gasteiger partial charge in [-0.15, -0.1) is 0 Å². The molecular formula is C22H24Cl2N4O2S. The summed E-state index contributed by atoms with van der Waals surface area (Å²) in [5.41, 5.74) is 2.02. The molecule has 1 aliphatic rings. The van der Waals surface area contributed by atoms with E-state index in [1.165, 1.54) is 6.07 Å². The molecule has 0 unspecified atom stereocenters. The summed E-state index contributed by atoms with van der Waals surface area (Å²) in [5.74, 6) is -0.246. The summed E-state index contributed by atoms with van der Waals surface area (Å²) < 4.78 is 0. The Labute approximate surface area is 197 Å². The highest BCUT2D eigenvalue weighted by atomic mass is 35.5. The Bertz CT molecular complexity index is 991. The summed E-state index contributed by atoms with van der Waals surface area (Å²) in [5, 5.41) is 6.62. The highest BCUT2D eigenvalue weighted by Crippen LogP contribution is 2.27. The number of anilines is 2. The number of hydrogen-bond donors (Lipinski definition) is 2. The second kappa shape index (κ2) is 10.3. The van der Waals surface area contributed by atoms with Crippen LogP contribution in [-0.4, -0.2) is 48.0 Å². The van der Waals surface area contributed by atoms with E-state index in [2.05, 4.69) is 15.5 Å². The lowest BCUT2D eigenvalue weighted by Gasteiger charge is -2.37. The number of amides is 2. The number of nitrogens with one attached hydrogen (secondary N) is 2. The average Bonchev–Trinajstić information content (AvgIpc) is 2.73. The van der Waals surface area contributed by atoms with Crippen molar-refractivity contribution in [3.8, 4) is 0 Å². The average molecular weight is 479 g/mol. The molecule has 0 spiro atoms. The van der Waals surface area contributed by atoms with Gasteiger partial charge in [-0.2, -0.15) is 0 Å². The molecule has 0 atom stereocenters. The second-order valence-electron chi connectivity index (χ2n) is 7.52. The Morgan fingerprint density at radius 2 is 1.71 bits per heavy atom. The molecule has 1 aliphatic heterocycles. The highest BCUT2D eigenvalue weighted by Gasteiger charge is 2.24. The topological polar surface area (TPSA) is 64.7 Å². The number of carbonyl (C=O) groups is 2. The number of halogens is 2. The van der Waals surface area contributed by atoms with Crippen molar-refractivity contribution >= 4 is 63.7 Å². The number of nitrogens with zero attached hydrogens (tertiary/aromatic N) is 2. The molecule has 0 aromatic heterocycles. The molecule has 1 heterocycles. The Hall–Kier alpha value is -2.35. The minimum absolute atomic E-state index is 0.00404. The molecule has 3 rings (SSSR count). The van der Waals surface area contributed by atoms with Crippen molar-refractivity contribution in [2.24, 2.45) is 5.92 Å². The molecule has 1 fully saturated rings. The first kappa shape index (κ1) is 23.3. The number of para-hydroxylation sites is 2. The van der Waals surface area contributed by atoms with E-state index in [0.29, 0.717) is 18.1 Å². The largest absolute Gasteiger partial charge is 0.366 e. The highest BCUT2D eigenvalue weighted by molar-refractivity contribution is 7.80. The molecule has 2 aromatic rings. The third-order valence-electron chi connectivity index (χ3n) is 4.98.